The monoisotopic (exact) mass is 406 g/mol. The van der Waals surface area contributed by atoms with Crippen LogP contribution in [-0.2, 0) is 22.7 Å². The Bertz CT molecular complexity index is 748. The summed E-state index contributed by atoms with van der Waals surface area (Å²) in [6.45, 7) is 7.11. The number of carbonyl (C=O) groups excluding carboxylic acids is 2. The largest absolute Gasteiger partial charge is 0.332 e. The van der Waals surface area contributed by atoms with Crippen LogP contribution in [0.15, 0.2) is 42.5 Å². The molecule has 0 N–H and O–H groups in total. The van der Waals surface area contributed by atoms with Crippen molar-refractivity contribution in [2.24, 2.45) is 0 Å². The molecule has 0 aliphatic rings. The van der Waals surface area contributed by atoms with Gasteiger partial charge in [-0.25, -0.2) is 0 Å². The first-order valence-electron chi connectivity index (χ1n) is 9.17. The molecule has 4 nitrogen and oxygen atoms in total. The Morgan fingerprint density at radius 1 is 1.07 bits per heavy atom. The van der Waals surface area contributed by atoms with Crippen LogP contribution in [0.2, 0.25) is 0 Å². The average Bonchev–Trinajstić information content (AvgIpc) is 3.09. The second kappa shape index (κ2) is 10.5. The fourth-order valence-corrected chi connectivity index (χ4v) is 3.89. The molecule has 0 saturated heterocycles. The summed E-state index contributed by atoms with van der Waals surface area (Å²) >= 11 is 7.45. The minimum atomic E-state index is -0.203. The van der Waals surface area contributed by atoms with Crippen molar-refractivity contribution in [3.8, 4) is 0 Å². The van der Waals surface area contributed by atoms with Crippen LogP contribution in [0, 0.1) is 6.92 Å². The number of amides is 2. The number of hydrogen-bond donors (Lipinski definition) is 0. The van der Waals surface area contributed by atoms with E-state index in [9.17, 15) is 9.59 Å². The van der Waals surface area contributed by atoms with Crippen molar-refractivity contribution in [1.82, 2.24) is 9.80 Å². The number of aryl methyl sites for hydroxylation is 1. The van der Waals surface area contributed by atoms with E-state index in [2.05, 4.69) is 19.1 Å². The van der Waals surface area contributed by atoms with E-state index < -0.39 is 0 Å². The molecule has 0 aliphatic heterocycles. The van der Waals surface area contributed by atoms with Crippen LogP contribution in [0.3, 0.4) is 0 Å². The summed E-state index contributed by atoms with van der Waals surface area (Å²) in [5, 5.41) is 0. The first-order chi connectivity index (χ1) is 12.9. The molecule has 0 bridgehead atoms. The van der Waals surface area contributed by atoms with Crippen LogP contribution in [0.4, 0.5) is 0 Å². The molecule has 1 heterocycles. The molecule has 2 aromatic rings. The van der Waals surface area contributed by atoms with Crippen LogP contribution < -0.4 is 0 Å². The minimum absolute atomic E-state index is 0.0252. The summed E-state index contributed by atoms with van der Waals surface area (Å²) in [6.07, 6.45) is 0.777. The van der Waals surface area contributed by atoms with Gasteiger partial charge in [0.15, 0.2) is 0 Å². The molecule has 2 rings (SSSR count). The quantitative estimate of drug-likeness (QED) is 0.577. The Morgan fingerprint density at radius 2 is 1.78 bits per heavy atom. The molecular weight excluding hydrogens is 380 g/mol. The van der Waals surface area contributed by atoms with Crippen molar-refractivity contribution in [3.05, 3.63) is 57.8 Å². The maximum absolute atomic E-state index is 13.1. The predicted molar refractivity (Wildman–Crippen MR) is 112 cm³/mol. The number of nitrogens with zero attached hydrogens (tertiary/aromatic N) is 2. The molecule has 1 aromatic heterocycles. The van der Waals surface area contributed by atoms with Crippen molar-refractivity contribution in [3.63, 3.8) is 0 Å². The lowest BCUT2D eigenvalue weighted by molar-refractivity contribution is -0.141. The highest BCUT2D eigenvalue weighted by Gasteiger charge is 2.24. The molecule has 0 radical (unpaired) electrons. The number of hydrogen-bond acceptors (Lipinski definition) is 3. The van der Waals surface area contributed by atoms with E-state index in [-0.39, 0.29) is 30.3 Å². The molecule has 27 heavy (non-hydrogen) atoms. The summed E-state index contributed by atoms with van der Waals surface area (Å²) in [7, 11) is 0. The van der Waals surface area contributed by atoms with E-state index in [1.54, 1.807) is 16.2 Å². The summed E-state index contributed by atoms with van der Waals surface area (Å²) in [5.41, 5.74) is 1.07. The van der Waals surface area contributed by atoms with Gasteiger partial charge < -0.3 is 9.80 Å². The highest BCUT2D eigenvalue weighted by atomic mass is 35.5. The van der Waals surface area contributed by atoms with E-state index in [1.165, 1.54) is 4.88 Å². The Kier molecular flexibility index (Phi) is 8.32. The van der Waals surface area contributed by atoms with Gasteiger partial charge in [0, 0.05) is 22.3 Å². The minimum Gasteiger partial charge on any atom is -0.332 e. The first kappa shape index (κ1) is 21.5. The van der Waals surface area contributed by atoms with Crippen molar-refractivity contribution < 1.29 is 9.59 Å². The number of carbonyl (C=O) groups is 2. The van der Waals surface area contributed by atoms with Crippen LogP contribution in [0.1, 0.15) is 35.6 Å². The topological polar surface area (TPSA) is 40.6 Å². The lowest BCUT2D eigenvalue weighted by atomic mass is 10.2. The van der Waals surface area contributed by atoms with Crippen molar-refractivity contribution >= 4 is 34.8 Å². The molecule has 1 aromatic carbocycles. The Labute approximate surface area is 170 Å². The van der Waals surface area contributed by atoms with E-state index in [4.69, 9.17) is 11.6 Å². The Balaban J connectivity index is 2.19. The lowest BCUT2D eigenvalue weighted by Crippen LogP contribution is -2.46. The molecule has 0 aliphatic carbocycles. The van der Waals surface area contributed by atoms with Crippen LogP contribution in [0.25, 0.3) is 0 Å². The fraction of sp³-hybridized carbons (Fsp3) is 0.429. The molecular formula is C21H27ClN2O2S. The van der Waals surface area contributed by atoms with E-state index >= 15 is 0 Å². The number of halogens is 1. The normalized spacial score (nSPS) is 11.9. The van der Waals surface area contributed by atoms with Gasteiger partial charge in [-0.2, -0.15) is 0 Å². The van der Waals surface area contributed by atoms with Gasteiger partial charge in [0.05, 0.1) is 6.54 Å². The van der Waals surface area contributed by atoms with Gasteiger partial charge in [0.2, 0.25) is 11.8 Å². The zero-order valence-corrected chi connectivity index (χ0v) is 17.7. The second-order valence-electron chi connectivity index (χ2n) is 6.66. The highest BCUT2D eigenvalue weighted by Crippen LogP contribution is 2.19. The van der Waals surface area contributed by atoms with Gasteiger partial charge in [-0.1, -0.05) is 37.3 Å². The average molecular weight is 407 g/mol. The highest BCUT2D eigenvalue weighted by molar-refractivity contribution is 7.11. The predicted octanol–water partition coefficient (Wildman–Crippen LogP) is 4.45. The van der Waals surface area contributed by atoms with Crippen LogP contribution >= 0.6 is 22.9 Å². The molecule has 1 atom stereocenters. The molecule has 2 amide bonds. The van der Waals surface area contributed by atoms with Gasteiger partial charge in [0.25, 0.3) is 0 Å². The standard InChI is InChI=1S/C21H27ClN2O2S/c1-4-16(2)24(20(25)12-22)15-21(26)23(13-18-8-6-5-7-9-18)14-19-11-10-17(3)27-19/h5-11,16H,4,12-15H2,1-3H3. The zero-order valence-electron chi connectivity index (χ0n) is 16.2. The third-order valence-electron chi connectivity index (χ3n) is 4.57. The summed E-state index contributed by atoms with van der Waals surface area (Å²) in [5.74, 6) is -0.380. The molecule has 146 valence electrons. The maximum Gasteiger partial charge on any atom is 0.242 e. The number of thiophene rings is 1. The van der Waals surface area contributed by atoms with Crippen molar-refractivity contribution in [2.75, 3.05) is 12.4 Å². The summed E-state index contributed by atoms with van der Waals surface area (Å²) in [6, 6.07) is 14.0. The zero-order chi connectivity index (χ0) is 19.8. The van der Waals surface area contributed by atoms with Crippen LogP contribution in [-0.4, -0.2) is 40.1 Å². The summed E-state index contributed by atoms with van der Waals surface area (Å²) in [4.78, 5) is 31.1. The van der Waals surface area contributed by atoms with E-state index in [0.29, 0.717) is 13.1 Å². The lowest BCUT2D eigenvalue weighted by Gasteiger charge is -2.31. The second-order valence-corrected chi connectivity index (χ2v) is 8.30. The van der Waals surface area contributed by atoms with Gasteiger partial charge in [-0.15, -0.1) is 22.9 Å². The Hall–Kier alpha value is -1.85. The van der Waals surface area contributed by atoms with Crippen molar-refractivity contribution in [1.29, 1.82) is 0 Å². The van der Waals surface area contributed by atoms with E-state index in [0.717, 1.165) is 16.9 Å². The maximum atomic E-state index is 13.1. The third kappa shape index (κ3) is 6.36. The smallest absolute Gasteiger partial charge is 0.242 e. The molecule has 0 fully saturated rings. The molecule has 0 spiro atoms. The Morgan fingerprint density at radius 3 is 2.33 bits per heavy atom. The van der Waals surface area contributed by atoms with Crippen LogP contribution in [0.5, 0.6) is 0 Å². The first-order valence-corrected chi connectivity index (χ1v) is 10.5. The van der Waals surface area contributed by atoms with Gasteiger partial charge in [-0.3, -0.25) is 9.59 Å². The molecule has 6 heteroatoms. The number of alkyl halides is 1. The third-order valence-corrected chi connectivity index (χ3v) is 5.79. The summed E-state index contributed by atoms with van der Waals surface area (Å²) < 4.78 is 0. The van der Waals surface area contributed by atoms with Gasteiger partial charge in [0.1, 0.15) is 12.4 Å². The van der Waals surface area contributed by atoms with E-state index in [1.807, 2.05) is 49.1 Å². The number of benzene rings is 1. The SMILES string of the molecule is CCC(C)N(CC(=O)N(Cc1ccccc1)Cc1ccc(C)s1)C(=O)CCl. The fourth-order valence-electron chi connectivity index (χ4n) is 2.83. The van der Waals surface area contributed by atoms with Gasteiger partial charge in [-0.05, 0) is 38.0 Å². The molecule has 1 unspecified atom stereocenters. The molecule has 0 saturated carbocycles. The van der Waals surface area contributed by atoms with Crippen molar-refractivity contribution in [2.45, 2.75) is 46.3 Å². The van der Waals surface area contributed by atoms with Gasteiger partial charge >= 0.3 is 0 Å². The number of rotatable bonds is 9.